The molecule has 2 rings (SSSR count). The van der Waals surface area contributed by atoms with Gasteiger partial charge in [0.15, 0.2) is 0 Å². The van der Waals surface area contributed by atoms with Gasteiger partial charge < -0.3 is 4.74 Å². The Morgan fingerprint density at radius 1 is 1.50 bits per heavy atom. The largest absolute Gasteiger partial charge is 0.469 e. The first kappa shape index (κ1) is 13.5. The Kier molecular flexibility index (Phi) is 4.70. The lowest BCUT2D eigenvalue weighted by Gasteiger charge is -2.17. The standard InChI is InChI=1S/C15H20O2S/c1-3-12(15(16)17-2)9-11-6-7-14-13(10-11)5-4-8-18-14/h6-7,10,12H,3-5,8-9H2,1-2H3. The molecular formula is C15H20O2S. The van der Waals surface area contributed by atoms with E-state index in [4.69, 9.17) is 4.74 Å². The van der Waals surface area contributed by atoms with Crippen molar-refractivity contribution in [2.75, 3.05) is 12.9 Å². The van der Waals surface area contributed by atoms with E-state index in [0.29, 0.717) is 0 Å². The van der Waals surface area contributed by atoms with Crippen LogP contribution in [0.25, 0.3) is 0 Å². The summed E-state index contributed by atoms with van der Waals surface area (Å²) in [5, 5.41) is 0. The van der Waals surface area contributed by atoms with Crippen molar-refractivity contribution >= 4 is 17.7 Å². The summed E-state index contributed by atoms with van der Waals surface area (Å²) >= 11 is 1.94. The highest BCUT2D eigenvalue weighted by Gasteiger charge is 2.18. The molecular weight excluding hydrogens is 244 g/mol. The molecule has 18 heavy (non-hydrogen) atoms. The predicted octanol–water partition coefficient (Wildman–Crippen LogP) is 3.47. The third-order valence-corrected chi connectivity index (χ3v) is 4.68. The van der Waals surface area contributed by atoms with Crippen LogP contribution < -0.4 is 0 Å². The lowest BCUT2D eigenvalue weighted by molar-refractivity contribution is -0.145. The molecule has 1 unspecified atom stereocenters. The number of aryl methyl sites for hydroxylation is 1. The minimum atomic E-state index is -0.0930. The van der Waals surface area contributed by atoms with E-state index in [1.54, 1.807) is 0 Å². The van der Waals surface area contributed by atoms with E-state index in [2.05, 4.69) is 18.2 Å². The van der Waals surface area contributed by atoms with Crippen molar-refractivity contribution in [2.45, 2.75) is 37.5 Å². The quantitative estimate of drug-likeness (QED) is 0.779. The predicted molar refractivity (Wildman–Crippen MR) is 75.0 cm³/mol. The second-order valence-electron chi connectivity index (χ2n) is 4.73. The van der Waals surface area contributed by atoms with Crippen molar-refractivity contribution in [3.8, 4) is 0 Å². The van der Waals surface area contributed by atoms with Crippen LogP contribution in [0.5, 0.6) is 0 Å². The molecule has 0 amide bonds. The molecule has 0 bridgehead atoms. The molecule has 0 spiro atoms. The van der Waals surface area contributed by atoms with Crippen molar-refractivity contribution in [2.24, 2.45) is 5.92 Å². The number of hydrogen-bond donors (Lipinski definition) is 0. The molecule has 0 aliphatic carbocycles. The zero-order chi connectivity index (χ0) is 13.0. The molecule has 0 aromatic heterocycles. The van der Waals surface area contributed by atoms with Gasteiger partial charge in [-0.05, 0) is 48.6 Å². The van der Waals surface area contributed by atoms with Crippen LogP contribution in [0.15, 0.2) is 23.1 Å². The SMILES string of the molecule is CCC(Cc1ccc2c(c1)CCCS2)C(=O)OC. The molecule has 98 valence electrons. The summed E-state index contributed by atoms with van der Waals surface area (Å²) in [4.78, 5) is 13.0. The Labute approximate surface area is 113 Å². The third kappa shape index (κ3) is 3.08. The van der Waals surface area contributed by atoms with Gasteiger partial charge in [0.25, 0.3) is 0 Å². The number of hydrogen-bond acceptors (Lipinski definition) is 3. The fourth-order valence-corrected chi connectivity index (χ4v) is 3.41. The average molecular weight is 264 g/mol. The summed E-state index contributed by atoms with van der Waals surface area (Å²) < 4.78 is 4.85. The van der Waals surface area contributed by atoms with E-state index in [0.717, 1.165) is 12.8 Å². The second-order valence-corrected chi connectivity index (χ2v) is 5.86. The Morgan fingerprint density at radius 3 is 3.06 bits per heavy atom. The van der Waals surface area contributed by atoms with Crippen LogP contribution in [0.1, 0.15) is 30.9 Å². The van der Waals surface area contributed by atoms with Gasteiger partial charge in [0, 0.05) is 4.90 Å². The van der Waals surface area contributed by atoms with Gasteiger partial charge >= 0.3 is 5.97 Å². The molecule has 1 aromatic carbocycles. The molecule has 3 heteroatoms. The number of ether oxygens (including phenoxy) is 1. The Balaban J connectivity index is 2.11. The minimum absolute atomic E-state index is 0.00991. The zero-order valence-corrected chi connectivity index (χ0v) is 11.9. The second kappa shape index (κ2) is 6.28. The maximum atomic E-state index is 11.6. The Morgan fingerprint density at radius 2 is 2.33 bits per heavy atom. The summed E-state index contributed by atoms with van der Waals surface area (Å²) in [5.74, 6) is 1.13. The summed E-state index contributed by atoms with van der Waals surface area (Å²) in [5.41, 5.74) is 2.71. The summed E-state index contributed by atoms with van der Waals surface area (Å²) in [6, 6.07) is 6.63. The number of rotatable bonds is 4. The van der Waals surface area contributed by atoms with Gasteiger partial charge in [0.05, 0.1) is 13.0 Å². The van der Waals surface area contributed by atoms with Crippen LogP contribution in [0.2, 0.25) is 0 Å². The minimum Gasteiger partial charge on any atom is -0.469 e. The zero-order valence-electron chi connectivity index (χ0n) is 11.1. The normalized spacial score (nSPS) is 15.9. The number of benzene rings is 1. The van der Waals surface area contributed by atoms with Crippen molar-refractivity contribution < 1.29 is 9.53 Å². The van der Waals surface area contributed by atoms with Crippen molar-refractivity contribution in [1.82, 2.24) is 0 Å². The fraction of sp³-hybridized carbons (Fsp3) is 0.533. The van der Waals surface area contributed by atoms with Gasteiger partial charge in [0.1, 0.15) is 0 Å². The molecule has 0 N–H and O–H groups in total. The number of carbonyl (C=O) groups is 1. The van der Waals surface area contributed by atoms with E-state index < -0.39 is 0 Å². The molecule has 0 fully saturated rings. The first-order chi connectivity index (χ1) is 8.74. The molecule has 1 atom stereocenters. The highest BCUT2D eigenvalue weighted by Crippen LogP contribution is 2.31. The number of fused-ring (bicyclic) bond motifs is 1. The molecule has 1 aromatic rings. The highest BCUT2D eigenvalue weighted by molar-refractivity contribution is 7.99. The van der Waals surface area contributed by atoms with Gasteiger partial charge in [-0.25, -0.2) is 0 Å². The lowest BCUT2D eigenvalue weighted by Crippen LogP contribution is -2.18. The van der Waals surface area contributed by atoms with Crippen LogP contribution in [0, 0.1) is 5.92 Å². The smallest absolute Gasteiger partial charge is 0.308 e. The average Bonchev–Trinajstić information content (AvgIpc) is 2.43. The molecule has 1 aliphatic rings. The first-order valence-electron chi connectivity index (χ1n) is 6.57. The number of thioether (sulfide) groups is 1. The van der Waals surface area contributed by atoms with Gasteiger partial charge in [0.2, 0.25) is 0 Å². The van der Waals surface area contributed by atoms with E-state index in [1.165, 1.54) is 41.7 Å². The molecule has 0 saturated carbocycles. The maximum absolute atomic E-state index is 11.6. The Hall–Kier alpha value is -0.960. The van der Waals surface area contributed by atoms with Crippen LogP contribution in [0.3, 0.4) is 0 Å². The highest BCUT2D eigenvalue weighted by atomic mass is 32.2. The fourth-order valence-electron chi connectivity index (χ4n) is 2.39. The number of methoxy groups -OCH3 is 1. The van der Waals surface area contributed by atoms with E-state index in [-0.39, 0.29) is 11.9 Å². The summed E-state index contributed by atoms with van der Waals surface area (Å²) in [7, 11) is 1.47. The van der Waals surface area contributed by atoms with Gasteiger partial charge in [-0.2, -0.15) is 0 Å². The third-order valence-electron chi connectivity index (χ3n) is 3.48. The van der Waals surface area contributed by atoms with Crippen molar-refractivity contribution in [3.05, 3.63) is 29.3 Å². The monoisotopic (exact) mass is 264 g/mol. The molecule has 1 aliphatic heterocycles. The van der Waals surface area contributed by atoms with Crippen molar-refractivity contribution in [3.63, 3.8) is 0 Å². The Bertz CT molecular complexity index is 429. The van der Waals surface area contributed by atoms with Gasteiger partial charge in [-0.3, -0.25) is 4.79 Å². The van der Waals surface area contributed by atoms with Crippen LogP contribution in [0.4, 0.5) is 0 Å². The summed E-state index contributed by atoms with van der Waals surface area (Å²) in [6.45, 7) is 2.04. The van der Waals surface area contributed by atoms with E-state index >= 15 is 0 Å². The number of carbonyl (C=O) groups excluding carboxylic acids is 1. The van der Waals surface area contributed by atoms with E-state index in [1.807, 2.05) is 18.7 Å². The van der Waals surface area contributed by atoms with Crippen LogP contribution >= 0.6 is 11.8 Å². The van der Waals surface area contributed by atoms with Crippen LogP contribution in [-0.4, -0.2) is 18.8 Å². The van der Waals surface area contributed by atoms with Crippen molar-refractivity contribution in [1.29, 1.82) is 0 Å². The topological polar surface area (TPSA) is 26.3 Å². The summed E-state index contributed by atoms with van der Waals surface area (Å²) in [6.07, 6.45) is 4.06. The number of esters is 1. The molecule has 0 radical (unpaired) electrons. The van der Waals surface area contributed by atoms with Gasteiger partial charge in [-0.15, -0.1) is 11.8 Å². The van der Waals surface area contributed by atoms with E-state index in [9.17, 15) is 4.79 Å². The van der Waals surface area contributed by atoms with Gasteiger partial charge in [-0.1, -0.05) is 19.1 Å². The maximum Gasteiger partial charge on any atom is 0.308 e. The first-order valence-corrected chi connectivity index (χ1v) is 7.55. The molecule has 1 heterocycles. The van der Waals surface area contributed by atoms with Crippen LogP contribution in [-0.2, 0) is 22.4 Å². The molecule has 2 nitrogen and oxygen atoms in total. The lowest BCUT2D eigenvalue weighted by atomic mass is 9.95. The molecule has 0 saturated heterocycles.